The number of carboxylic acid groups (broad SMARTS) is 1. The van der Waals surface area contributed by atoms with E-state index >= 15 is 0 Å². The smallest absolute Gasteiger partial charge is 0.335 e. The van der Waals surface area contributed by atoms with Gasteiger partial charge in [0.25, 0.3) is 5.91 Å². The van der Waals surface area contributed by atoms with Crippen LogP contribution in [0.4, 0.5) is 16.5 Å². The number of aromatic carboxylic acids is 1. The number of hydrogen-bond acceptors (Lipinski definition) is 5. The van der Waals surface area contributed by atoms with E-state index < -0.39 is 5.97 Å². The van der Waals surface area contributed by atoms with Crippen LogP contribution in [0.2, 0.25) is 0 Å². The summed E-state index contributed by atoms with van der Waals surface area (Å²) in [7, 11) is 0. The third-order valence-corrected chi connectivity index (χ3v) is 7.33. The number of carbonyl (C=O) groups is 2. The molecule has 1 fully saturated rings. The van der Waals surface area contributed by atoms with Crippen LogP contribution in [0.5, 0.6) is 0 Å². The van der Waals surface area contributed by atoms with Crippen LogP contribution in [0.15, 0.2) is 78.2 Å². The normalized spacial score (nSPS) is 13.8. The fourth-order valence-corrected chi connectivity index (χ4v) is 5.29. The van der Waals surface area contributed by atoms with E-state index in [1.54, 1.807) is 24.3 Å². The van der Waals surface area contributed by atoms with E-state index in [4.69, 9.17) is 5.11 Å². The summed E-state index contributed by atoms with van der Waals surface area (Å²) in [4.78, 5) is 28.4. The molecule has 1 aliphatic rings. The van der Waals surface area contributed by atoms with Gasteiger partial charge >= 0.3 is 5.97 Å². The summed E-state index contributed by atoms with van der Waals surface area (Å²) in [5, 5.41) is 17.9. The second kappa shape index (κ2) is 10.7. The maximum atomic E-state index is 12.7. The number of nitrogens with zero attached hydrogens (tertiary/aromatic N) is 1. The highest BCUT2D eigenvalue weighted by atomic mass is 32.1. The minimum absolute atomic E-state index is 0.119. The Bertz CT molecular complexity index is 1340. The van der Waals surface area contributed by atoms with Gasteiger partial charge < -0.3 is 15.7 Å². The average Bonchev–Trinajstić information content (AvgIpc) is 3.38. The number of anilines is 3. The third kappa shape index (κ3) is 5.63. The van der Waals surface area contributed by atoms with Gasteiger partial charge in [-0.2, -0.15) is 0 Å². The largest absolute Gasteiger partial charge is 0.478 e. The molecule has 0 aliphatic heterocycles. The maximum absolute atomic E-state index is 12.7. The number of nitrogens with one attached hydrogen (secondary N) is 2. The van der Waals surface area contributed by atoms with Gasteiger partial charge in [0.2, 0.25) is 0 Å². The molecule has 0 saturated heterocycles. The molecule has 182 valence electrons. The molecule has 1 aliphatic carbocycles. The van der Waals surface area contributed by atoms with Gasteiger partial charge in [0, 0.05) is 27.9 Å². The van der Waals surface area contributed by atoms with Crippen LogP contribution in [0, 0.1) is 0 Å². The van der Waals surface area contributed by atoms with Crippen molar-refractivity contribution in [3.8, 4) is 11.3 Å². The highest BCUT2D eigenvalue weighted by Crippen LogP contribution is 2.33. The van der Waals surface area contributed by atoms with Crippen LogP contribution in [0.25, 0.3) is 11.3 Å². The first-order chi connectivity index (χ1) is 17.5. The highest BCUT2D eigenvalue weighted by molar-refractivity contribution is 7.14. The van der Waals surface area contributed by atoms with Crippen molar-refractivity contribution in [1.82, 2.24) is 4.98 Å². The summed E-state index contributed by atoms with van der Waals surface area (Å²) >= 11 is 1.46. The molecular formula is C29H27N3O3S. The van der Waals surface area contributed by atoms with E-state index in [9.17, 15) is 9.59 Å². The number of hydrogen-bond donors (Lipinski definition) is 3. The second-order valence-electron chi connectivity index (χ2n) is 9.03. The van der Waals surface area contributed by atoms with Crippen molar-refractivity contribution in [3.63, 3.8) is 0 Å². The molecule has 6 nitrogen and oxygen atoms in total. The van der Waals surface area contributed by atoms with Gasteiger partial charge in [0.1, 0.15) is 0 Å². The zero-order valence-corrected chi connectivity index (χ0v) is 20.6. The molecule has 1 amide bonds. The van der Waals surface area contributed by atoms with Gasteiger partial charge in [-0.3, -0.25) is 4.79 Å². The van der Waals surface area contributed by atoms with Gasteiger partial charge in [0.15, 0.2) is 5.13 Å². The van der Waals surface area contributed by atoms with Crippen molar-refractivity contribution in [2.75, 3.05) is 10.6 Å². The number of amides is 1. The molecule has 36 heavy (non-hydrogen) atoms. The molecule has 1 aromatic heterocycles. The minimum atomic E-state index is -0.953. The zero-order chi connectivity index (χ0) is 24.9. The lowest BCUT2D eigenvalue weighted by molar-refractivity contribution is 0.0696. The van der Waals surface area contributed by atoms with Gasteiger partial charge in [-0.25, -0.2) is 9.78 Å². The van der Waals surface area contributed by atoms with Crippen LogP contribution < -0.4 is 10.6 Å². The summed E-state index contributed by atoms with van der Waals surface area (Å²) in [5.41, 5.74) is 5.49. The third-order valence-electron chi connectivity index (χ3n) is 6.58. The molecule has 1 heterocycles. The lowest BCUT2D eigenvalue weighted by atomic mass is 9.84. The molecule has 0 atom stereocenters. The summed E-state index contributed by atoms with van der Waals surface area (Å²) in [6.07, 6.45) is 6.41. The number of benzene rings is 3. The fraction of sp³-hybridized carbons (Fsp3) is 0.207. The van der Waals surface area contributed by atoms with E-state index in [1.165, 1.54) is 49.0 Å². The number of carboxylic acids is 1. The van der Waals surface area contributed by atoms with Crippen LogP contribution in [-0.2, 0) is 0 Å². The Labute approximate surface area is 214 Å². The van der Waals surface area contributed by atoms with E-state index in [0.29, 0.717) is 16.6 Å². The van der Waals surface area contributed by atoms with E-state index in [1.807, 2.05) is 41.8 Å². The Kier molecular flexibility index (Phi) is 7.09. The highest BCUT2D eigenvalue weighted by Gasteiger charge is 2.16. The lowest BCUT2D eigenvalue weighted by Crippen LogP contribution is -2.12. The lowest BCUT2D eigenvalue weighted by Gasteiger charge is -2.22. The monoisotopic (exact) mass is 497 g/mol. The molecule has 5 rings (SSSR count). The summed E-state index contributed by atoms with van der Waals surface area (Å²) < 4.78 is 0. The van der Waals surface area contributed by atoms with Crippen LogP contribution in [0.1, 0.15) is 64.3 Å². The number of rotatable bonds is 7. The molecule has 7 heteroatoms. The summed E-state index contributed by atoms with van der Waals surface area (Å²) in [6, 6.07) is 22.2. The van der Waals surface area contributed by atoms with Crippen molar-refractivity contribution in [2.45, 2.75) is 38.0 Å². The van der Waals surface area contributed by atoms with Gasteiger partial charge in [-0.1, -0.05) is 43.5 Å². The second-order valence-corrected chi connectivity index (χ2v) is 9.89. The standard InChI is InChI=1S/C29H27N3O3S/c33-27(22-8-6-20(7-9-22)19-4-2-1-3-5-19)30-24-14-10-21(11-15-24)26-18-36-29(32-26)31-25-16-12-23(13-17-25)28(34)35/h6-19H,1-5H2,(H,30,33)(H,31,32)(H,34,35). The molecular weight excluding hydrogens is 470 g/mol. The molecule has 4 aromatic rings. The Hall–Kier alpha value is -3.97. The fourth-order valence-electron chi connectivity index (χ4n) is 4.55. The maximum Gasteiger partial charge on any atom is 0.335 e. The minimum Gasteiger partial charge on any atom is -0.478 e. The average molecular weight is 498 g/mol. The van der Waals surface area contributed by atoms with Gasteiger partial charge in [-0.15, -0.1) is 11.3 Å². The molecule has 0 bridgehead atoms. The van der Waals surface area contributed by atoms with Crippen molar-refractivity contribution >= 4 is 39.7 Å². The molecule has 0 spiro atoms. The van der Waals surface area contributed by atoms with Crippen LogP contribution in [-0.4, -0.2) is 22.0 Å². The molecule has 0 unspecified atom stereocenters. The first-order valence-electron chi connectivity index (χ1n) is 12.1. The predicted molar refractivity (Wildman–Crippen MR) is 144 cm³/mol. The Morgan fingerprint density at radius 1 is 0.806 bits per heavy atom. The quantitative estimate of drug-likeness (QED) is 0.245. The predicted octanol–water partition coefficient (Wildman–Crippen LogP) is 7.55. The van der Waals surface area contributed by atoms with Gasteiger partial charge in [-0.05, 0) is 72.9 Å². The first-order valence-corrected chi connectivity index (χ1v) is 13.0. The summed E-state index contributed by atoms with van der Waals surface area (Å²) in [6.45, 7) is 0. The van der Waals surface area contributed by atoms with Crippen molar-refractivity contribution < 1.29 is 14.7 Å². The van der Waals surface area contributed by atoms with E-state index in [2.05, 4.69) is 27.8 Å². The van der Waals surface area contributed by atoms with Crippen LogP contribution in [0.3, 0.4) is 0 Å². The van der Waals surface area contributed by atoms with Crippen LogP contribution >= 0.6 is 11.3 Å². The van der Waals surface area contributed by atoms with E-state index in [0.717, 1.165) is 22.6 Å². The SMILES string of the molecule is O=C(O)c1ccc(Nc2nc(-c3ccc(NC(=O)c4ccc(C5CCCCC5)cc4)cc3)cs2)cc1. The topological polar surface area (TPSA) is 91.3 Å². The Balaban J connectivity index is 1.19. The Morgan fingerprint density at radius 2 is 1.44 bits per heavy atom. The number of carbonyl (C=O) groups excluding carboxylic acids is 1. The molecule has 3 aromatic carbocycles. The molecule has 0 radical (unpaired) electrons. The van der Waals surface area contributed by atoms with Gasteiger partial charge in [0.05, 0.1) is 11.3 Å². The van der Waals surface area contributed by atoms with E-state index in [-0.39, 0.29) is 11.5 Å². The Morgan fingerprint density at radius 3 is 2.11 bits per heavy atom. The zero-order valence-electron chi connectivity index (χ0n) is 19.7. The molecule has 3 N–H and O–H groups in total. The first kappa shape index (κ1) is 23.8. The van der Waals surface area contributed by atoms with Crippen molar-refractivity contribution in [1.29, 1.82) is 0 Å². The number of thiazole rings is 1. The van der Waals surface area contributed by atoms with Crippen molar-refractivity contribution in [2.24, 2.45) is 0 Å². The number of aromatic nitrogens is 1. The summed E-state index contributed by atoms with van der Waals surface area (Å²) in [5.74, 6) is -0.445. The molecule has 1 saturated carbocycles. The van der Waals surface area contributed by atoms with Crippen molar-refractivity contribution in [3.05, 3.63) is 94.9 Å².